The first-order chi connectivity index (χ1) is 8.86. The van der Waals surface area contributed by atoms with Crippen molar-refractivity contribution in [2.75, 3.05) is 7.11 Å². The molecule has 2 fully saturated rings. The second-order valence-electron chi connectivity index (χ2n) is 5.86. The first-order valence-corrected chi connectivity index (χ1v) is 7.16. The third-order valence-corrected chi connectivity index (χ3v) is 4.71. The third-order valence-electron chi connectivity index (χ3n) is 4.71. The summed E-state index contributed by atoms with van der Waals surface area (Å²) in [6.45, 7) is 1.71. The molecule has 3 atom stereocenters. The van der Waals surface area contributed by atoms with Crippen LogP contribution in [0.15, 0.2) is 24.3 Å². The predicted octanol–water partition coefficient (Wildman–Crippen LogP) is 3.11. The summed E-state index contributed by atoms with van der Waals surface area (Å²) in [5, 5.41) is 3.77. The molecule has 2 aliphatic carbocycles. The van der Waals surface area contributed by atoms with Gasteiger partial charge in [0.2, 0.25) is 0 Å². The summed E-state index contributed by atoms with van der Waals surface area (Å²) in [7, 11) is 1.76. The zero-order valence-corrected chi connectivity index (χ0v) is 11.2. The Bertz CT molecular complexity index is 404. The maximum absolute atomic E-state index is 5.26. The average molecular weight is 245 g/mol. The van der Waals surface area contributed by atoms with Gasteiger partial charge in [-0.1, -0.05) is 30.7 Å². The fraction of sp³-hybridized carbons (Fsp3) is 0.625. The molecule has 0 spiro atoms. The van der Waals surface area contributed by atoms with Crippen LogP contribution in [0.2, 0.25) is 0 Å². The number of ether oxygens (including phenoxy) is 1. The van der Waals surface area contributed by atoms with Crippen LogP contribution in [0.3, 0.4) is 0 Å². The number of hydrogen-bond acceptors (Lipinski definition) is 2. The molecular formula is C16H23NO. The zero-order valence-electron chi connectivity index (χ0n) is 11.2. The molecule has 0 amide bonds. The van der Waals surface area contributed by atoms with Gasteiger partial charge in [0.05, 0.1) is 6.61 Å². The zero-order chi connectivity index (χ0) is 12.4. The Morgan fingerprint density at radius 3 is 2.67 bits per heavy atom. The molecule has 1 aromatic carbocycles. The molecule has 2 saturated carbocycles. The average Bonchev–Trinajstić information content (AvgIpc) is 3.00. The Morgan fingerprint density at radius 2 is 2.00 bits per heavy atom. The highest BCUT2D eigenvalue weighted by molar-refractivity contribution is 5.26. The van der Waals surface area contributed by atoms with Crippen LogP contribution in [-0.4, -0.2) is 13.2 Å². The van der Waals surface area contributed by atoms with Crippen molar-refractivity contribution in [3.63, 3.8) is 0 Å². The van der Waals surface area contributed by atoms with Crippen LogP contribution >= 0.6 is 0 Å². The molecule has 18 heavy (non-hydrogen) atoms. The third kappa shape index (κ3) is 2.45. The van der Waals surface area contributed by atoms with Crippen LogP contribution in [0, 0.1) is 11.8 Å². The number of benzene rings is 1. The van der Waals surface area contributed by atoms with E-state index in [0.717, 1.165) is 24.4 Å². The van der Waals surface area contributed by atoms with Crippen LogP contribution in [0.25, 0.3) is 0 Å². The largest absolute Gasteiger partial charge is 0.380 e. The van der Waals surface area contributed by atoms with E-state index in [9.17, 15) is 0 Å². The van der Waals surface area contributed by atoms with Crippen molar-refractivity contribution in [2.45, 2.75) is 44.9 Å². The number of methoxy groups -OCH3 is 1. The number of rotatable bonds is 5. The van der Waals surface area contributed by atoms with Crippen LogP contribution in [0.4, 0.5) is 0 Å². The molecule has 0 heterocycles. The van der Waals surface area contributed by atoms with Gasteiger partial charge in [0, 0.05) is 19.7 Å². The molecular weight excluding hydrogens is 222 g/mol. The maximum Gasteiger partial charge on any atom is 0.0716 e. The van der Waals surface area contributed by atoms with E-state index in [4.69, 9.17) is 4.74 Å². The SMILES string of the molecule is COCc1ccccc1CNC1CC2CCC1C2. The normalized spacial score (nSPS) is 29.9. The van der Waals surface area contributed by atoms with Gasteiger partial charge < -0.3 is 10.1 Å². The Balaban J connectivity index is 1.59. The summed E-state index contributed by atoms with van der Waals surface area (Å²) >= 11 is 0. The smallest absolute Gasteiger partial charge is 0.0716 e. The van der Waals surface area contributed by atoms with Crippen molar-refractivity contribution in [3.8, 4) is 0 Å². The van der Waals surface area contributed by atoms with Crippen molar-refractivity contribution >= 4 is 0 Å². The van der Waals surface area contributed by atoms with E-state index >= 15 is 0 Å². The summed E-state index contributed by atoms with van der Waals surface area (Å²) in [4.78, 5) is 0. The number of nitrogens with one attached hydrogen (secondary N) is 1. The topological polar surface area (TPSA) is 21.3 Å². The van der Waals surface area contributed by atoms with Crippen LogP contribution in [0.5, 0.6) is 0 Å². The Kier molecular flexibility index (Phi) is 3.67. The van der Waals surface area contributed by atoms with E-state index in [1.54, 1.807) is 7.11 Å². The maximum atomic E-state index is 5.26. The van der Waals surface area contributed by atoms with Crippen molar-refractivity contribution < 1.29 is 4.74 Å². The highest BCUT2D eigenvalue weighted by Crippen LogP contribution is 2.44. The summed E-state index contributed by atoms with van der Waals surface area (Å²) in [6, 6.07) is 9.36. The summed E-state index contributed by atoms with van der Waals surface area (Å²) in [5.74, 6) is 1.96. The van der Waals surface area contributed by atoms with Gasteiger partial charge in [-0.15, -0.1) is 0 Å². The van der Waals surface area contributed by atoms with Gasteiger partial charge >= 0.3 is 0 Å². The monoisotopic (exact) mass is 245 g/mol. The van der Waals surface area contributed by atoms with Crippen molar-refractivity contribution in [1.82, 2.24) is 5.32 Å². The minimum absolute atomic E-state index is 0.717. The lowest BCUT2D eigenvalue weighted by Crippen LogP contribution is -2.33. The van der Waals surface area contributed by atoms with E-state index in [2.05, 4.69) is 29.6 Å². The van der Waals surface area contributed by atoms with Gasteiger partial charge in [-0.3, -0.25) is 0 Å². The fourth-order valence-electron chi connectivity index (χ4n) is 3.76. The molecule has 1 N–H and O–H groups in total. The second kappa shape index (κ2) is 5.41. The summed E-state index contributed by atoms with van der Waals surface area (Å²) in [6.07, 6.45) is 5.79. The minimum Gasteiger partial charge on any atom is -0.380 e. The van der Waals surface area contributed by atoms with E-state index in [0.29, 0.717) is 6.61 Å². The molecule has 3 unspecified atom stereocenters. The second-order valence-corrected chi connectivity index (χ2v) is 5.86. The quantitative estimate of drug-likeness (QED) is 0.860. The van der Waals surface area contributed by atoms with E-state index < -0.39 is 0 Å². The lowest BCUT2D eigenvalue weighted by molar-refractivity contribution is 0.184. The molecule has 2 nitrogen and oxygen atoms in total. The molecule has 0 aromatic heterocycles. The first kappa shape index (κ1) is 12.2. The molecule has 1 aromatic rings. The van der Waals surface area contributed by atoms with Gasteiger partial charge in [-0.2, -0.15) is 0 Å². The Morgan fingerprint density at radius 1 is 1.17 bits per heavy atom. The molecule has 0 saturated heterocycles. The molecule has 2 aliphatic rings. The molecule has 2 heteroatoms. The summed E-state index contributed by atoms with van der Waals surface area (Å²) < 4.78 is 5.26. The predicted molar refractivity (Wildman–Crippen MR) is 73.2 cm³/mol. The lowest BCUT2D eigenvalue weighted by atomic mass is 9.95. The minimum atomic E-state index is 0.717. The van der Waals surface area contributed by atoms with Gasteiger partial charge in [-0.25, -0.2) is 0 Å². The van der Waals surface area contributed by atoms with Crippen LogP contribution < -0.4 is 5.32 Å². The van der Waals surface area contributed by atoms with E-state index in [-0.39, 0.29) is 0 Å². The lowest BCUT2D eigenvalue weighted by Gasteiger charge is -2.23. The Labute approximate surface area is 110 Å². The number of hydrogen-bond donors (Lipinski definition) is 1. The number of fused-ring (bicyclic) bond motifs is 2. The molecule has 3 rings (SSSR count). The first-order valence-electron chi connectivity index (χ1n) is 7.16. The van der Waals surface area contributed by atoms with Gasteiger partial charge in [0.25, 0.3) is 0 Å². The van der Waals surface area contributed by atoms with Gasteiger partial charge in [0.1, 0.15) is 0 Å². The van der Waals surface area contributed by atoms with Crippen molar-refractivity contribution in [3.05, 3.63) is 35.4 Å². The van der Waals surface area contributed by atoms with Gasteiger partial charge in [0.15, 0.2) is 0 Å². The summed E-state index contributed by atoms with van der Waals surface area (Å²) in [5.41, 5.74) is 2.71. The Hall–Kier alpha value is -0.860. The van der Waals surface area contributed by atoms with E-state index in [1.807, 2.05) is 0 Å². The standard InChI is InChI=1S/C16H23NO/c1-18-11-15-5-3-2-4-14(15)10-17-16-9-12-6-7-13(16)8-12/h2-5,12-13,16-17H,6-11H2,1H3. The van der Waals surface area contributed by atoms with Crippen molar-refractivity contribution in [1.29, 1.82) is 0 Å². The van der Waals surface area contributed by atoms with Crippen LogP contribution in [0.1, 0.15) is 36.8 Å². The van der Waals surface area contributed by atoms with Crippen molar-refractivity contribution in [2.24, 2.45) is 11.8 Å². The van der Waals surface area contributed by atoms with Crippen LogP contribution in [-0.2, 0) is 17.9 Å². The fourth-order valence-corrected chi connectivity index (χ4v) is 3.76. The highest BCUT2D eigenvalue weighted by atomic mass is 16.5. The molecule has 2 bridgehead atoms. The van der Waals surface area contributed by atoms with E-state index in [1.165, 1.54) is 36.8 Å². The highest BCUT2D eigenvalue weighted by Gasteiger charge is 2.38. The molecule has 98 valence electrons. The molecule has 0 aliphatic heterocycles. The van der Waals surface area contributed by atoms with Gasteiger partial charge in [-0.05, 0) is 42.2 Å². The molecule has 0 radical (unpaired) electrons.